The third-order valence-electron chi connectivity index (χ3n) is 5.46. The fraction of sp³-hybridized carbons (Fsp3) is 0.276. The molecule has 0 aromatic heterocycles. The van der Waals surface area contributed by atoms with Crippen molar-refractivity contribution >= 4 is 45.6 Å². The second kappa shape index (κ2) is 14.5. The lowest BCUT2D eigenvalue weighted by atomic mass is 10.0. The molecule has 0 spiro atoms. The number of rotatable bonds is 12. The van der Waals surface area contributed by atoms with Gasteiger partial charge < -0.3 is 14.8 Å². The number of hydrogen-bond acceptors (Lipinski definition) is 5. The first-order valence-electron chi connectivity index (χ1n) is 12.2. The van der Waals surface area contributed by atoms with Crippen LogP contribution in [0.2, 0.25) is 5.02 Å². The summed E-state index contributed by atoms with van der Waals surface area (Å²) in [6.07, 6.45) is 1.99. The molecule has 0 fully saturated rings. The smallest absolute Gasteiger partial charge is 0.262 e. The molecular weight excluding hydrogens is 570 g/mol. The van der Waals surface area contributed by atoms with E-state index in [-0.39, 0.29) is 18.4 Å². The van der Waals surface area contributed by atoms with Gasteiger partial charge in [-0.3, -0.25) is 9.59 Å². The number of carbonyl (C=O) groups excluding carboxylic acids is 2. The van der Waals surface area contributed by atoms with Crippen molar-refractivity contribution < 1.29 is 19.1 Å². The van der Waals surface area contributed by atoms with Gasteiger partial charge in [0.15, 0.2) is 6.61 Å². The Morgan fingerprint density at radius 2 is 1.76 bits per heavy atom. The van der Waals surface area contributed by atoms with E-state index in [1.807, 2.05) is 81.4 Å². The molecule has 200 valence electrons. The van der Waals surface area contributed by atoms with Crippen molar-refractivity contribution in [3.63, 3.8) is 0 Å². The number of aryl methyl sites for hydroxylation is 1. The standard InChI is InChI=1S/C29H31BrClN3O4/c1-19(2)14-25(33-28(35)18-38-26-7-5-4-6-20(26)3)29(36)34-32-16-22-10-13-27(24(30)15-22)37-17-21-8-11-23(31)12-9-21/h4-13,15-16,19,25H,14,17-18H2,1-3H3,(H,33,35)(H,34,36)/b32-16-/t25-/m0/s1. The van der Waals surface area contributed by atoms with Crippen LogP contribution in [0, 0.1) is 12.8 Å². The molecule has 0 unspecified atom stereocenters. The summed E-state index contributed by atoms with van der Waals surface area (Å²) < 4.78 is 12.2. The number of benzene rings is 3. The minimum atomic E-state index is -0.740. The molecule has 0 saturated heterocycles. The zero-order valence-corrected chi connectivity index (χ0v) is 23.9. The molecule has 38 heavy (non-hydrogen) atoms. The van der Waals surface area contributed by atoms with Gasteiger partial charge in [-0.2, -0.15) is 5.10 Å². The lowest BCUT2D eigenvalue weighted by molar-refractivity contribution is -0.130. The van der Waals surface area contributed by atoms with Crippen LogP contribution in [0.4, 0.5) is 0 Å². The second-order valence-electron chi connectivity index (χ2n) is 9.14. The van der Waals surface area contributed by atoms with Crippen molar-refractivity contribution in [2.24, 2.45) is 11.0 Å². The maximum absolute atomic E-state index is 12.8. The van der Waals surface area contributed by atoms with Crippen LogP contribution in [0.25, 0.3) is 0 Å². The van der Waals surface area contributed by atoms with E-state index < -0.39 is 11.9 Å². The summed E-state index contributed by atoms with van der Waals surface area (Å²) in [6.45, 7) is 6.08. The van der Waals surface area contributed by atoms with Crippen LogP contribution < -0.4 is 20.2 Å². The molecule has 9 heteroatoms. The number of nitrogens with zero attached hydrogens (tertiary/aromatic N) is 1. The minimum Gasteiger partial charge on any atom is -0.488 e. The van der Waals surface area contributed by atoms with Crippen LogP contribution in [-0.2, 0) is 16.2 Å². The second-order valence-corrected chi connectivity index (χ2v) is 10.4. The molecule has 2 amide bonds. The molecule has 0 aliphatic heterocycles. The first-order valence-corrected chi connectivity index (χ1v) is 13.4. The summed E-state index contributed by atoms with van der Waals surface area (Å²) >= 11 is 9.43. The topological polar surface area (TPSA) is 89.0 Å². The summed E-state index contributed by atoms with van der Waals surface area (Å²) in [7, 11) is 0. The third-order valence-corrected chi connectivity index (χ3v) is 6.33. The average molecular weight is 601 g/mol. The van der Waals surface area contributed by atoms with Crippen molar-refractivity contribution in [2.75, 3.05) is 6.61 Å². The molecule has 0 aliphatic rings. The van der Waals surface area contributed by atoms with Crippen LogP contribution in [-0.4, -0.2) is 30.7 Å². The van der Waals surface area contributed by atoms with Crippen LogP contribution >= 0.6 is 27.5 Å². The summed E-state index contributed by atoms with van der Waals surface area (Å²) in [5, 5.41) is 7.50. The molecule has 3 aromatic carbocycles. The zero-order valence-electron chi connectivity index (χ0n) is 21.5. The van der Waals surface area contributed by atoms with Gasteiger partial charge in [0.25, 0.3) is 11.8 Å². The fourth-order valence-electron chi connectivity index (χ4n) is 3.51. The Labute approximate surface area is 236 Å². The van der Waals surface area contributed by atoms with Gasteiger partial charge in [-0.25, -0.2) is 5.43 Å². The molecule has 3 rings (SSSR count). The zero-order chi connectivity index (χ0) is 27.5. The van der Waals surface area contributed by atoms with E-state index >= 15 is 0 Å². The number of halogens is 2. The highest BCUT2D eigenvalue weighted by Crippen LogP contribution is 2.26. The van der Waals surface area contributed by atoms with Crippen molar-refractivity contribution in [3.05, 3.63) is 92.9 Å². The van der Waals surface area contributed by atoms with Crippen LogP contribution in [0.5, 0.6) is 11.5 Å². The van der Waals surface area contributed by atoms with Gasteiger partial charge in [-0.05, 0) is 88.3 Å². The Hall–Kier alpha value is -3.36. The molecule has 0 saturated carbocycles. The molecular formula is C29H31BrClN3O4. The number of hydrogen-bond donors (Lipinski definition) is 2. The first-order chi connectivity index (χ1) is 18.2. The molecule has 0 bridgehead atoms. The third kappa shape index (κ3) is 9.50. The van der Waals surface area contributed by atoms with Gasteiger partial charge in [-0.1, -0.05) is 55.8 Å². The highest BCUT2D eigenvalue weighted by molar-refractivity contribution is 9.10. The Bertz CT molecular complexity index is 1260. The van der Waals surface area contributed by atoms with Gasteiger partial charge in [0.1, 0.15) is 24.1 Å². The summed E-state index contributed by atoms with van der Waals surface area (Å²) in [6, 6.07) is 19.6. The minimum absolute atomic E-state index is 0.184. The van der Waals surface area contributed by atoms with Crippen molar-refractivity contribution in [2.45, 2.75) is 39.8 Å². The molecule has 0 aliphatic carbocycles. The van der Waals surface area contributed by atoms with E-state index in [1.54, 1.807) is 6.07 Å². The maximum Gasteiger partial charge on any atom is 0.262 e. The Kier molecular flexibility index (Phi) is 11.2. The Balaban J connectivity index is 1.53. The van der Waals surface area contributed by atoms with Crippen LogP contribution in [0.1, 0.15) is 37.0 Å². The fourth-order valence-corrected chi connectivity index (χ4v) is 4.14. The summed E-state index contributed by atoms with van der Waals surface area (Å²) in [4.78, 5) is 25.2. The van der Waals surface area contributed by atoms with Crippen molar-refractivity contribution in [3.8, 4) is 11.5 Å². The highest BCUT2D eigenvalue weighted by Gasteiger charge is 2.22. The molecule has 2 N–H and O–H groups in total. The maximum atomic E-state index is 12.8. The number of para-hydroxylation sites is 1. The summed E-state index contributed by atoms with van der Waals surface area (Å²) in [5.41, 5.74) is 5.21. The molecule has 1 atom stereocenters. The molecule has 0 heterocycles. The lowest BCUT2D eigenvalue weighted by Gasteiger charge is -2.19. The van der Waals surface area contributed by atoms with Gasteiger partial charge in [0.2, 0.25) is 0 Å². The average Bonchev–Trinajstić information content (AvgIpc) is 2.88. The molecule has 3 aromatic rings. The summed E-state index contributed by atoms with van der Waals surface area (Å²) in [5.74, 6) is 0.708. The van der Waals surface area contributed by atoms with E-state index in [2.05, 4.69) is 31.8 Å². The van der Waals surface area contributed by atoms with E-state index in [1.165, 1.54) is 6.21 Å². The van der Waals surface area contributed by atoms with E-state index in [0.717, 1.165) is 21.2 Å². The van der Waals surface area contributed by atoms with Crippen molar-refractivity contribution in [1.29, 1.82) is 0 Å². The number of ether oxygens (including phenoxy) is 2. The SMILES string of the molecule is Cc1ccccc1OCC(=O)N[C@@H](CC(C)C)C(=O)N/N=C\c1ccc(OCc2ccc(Cl)cc2)c(Br)c1. The monoisotopic (exact) mass is 599 g/mol. The molecule has 7 nitrogen and oxygen atoms in total. The van der Waals surface area contributed by atoms with Gasteiger partial charge in [0, 0.05) is 5.02 Å². The first kappa shape index (κ1) is 29.2. The predicted molar refractivity (Wildman–Crippen MR) is 154 cm³/mol. The van der Waals surface area contributed by atoms with E-state index in [4.69, 9.17) is 21.1 Å². The van der Waals surface area contributed by atoms with Gasteiger partial charge in [-0.15, -0.1) is 0 Å². The normalized spacial score (nSPS) is 11.8. The van der Waals surface area contributed by atoms with Crippen LogP contribution in [0.3, 0.4) is 0 Å². The van der Waals surface area contributed by atoms with E-state index in [0.29, 0.717) is 29.5 Å². The van der Waals surface area contributed by atoms with Gasteiger partial charge >= 0.3 is 0 Å². The lowest BCUT2D eigenvalue weighted by Crippen LogP contribution is -2.47. The molecule has 0 radical (unpaired) electrons. The predicted octanol–water partition coefficient (Wildman–Crippen LogP) is 6.05. The van der Waals surface area contributed by atoms with E-state index in [9.17, 15) is 9.59 Å². The van der Waals surface area contributed by atoms with Crippen LogP contribution in [0.15, 0.2) is 76.3 Å². The number of carbonyl (C=O) groups is 2. The van der Waals surface area contributed by atoms with Gasteiger partial charge in [0.05, 0.1) is 10.7 Å². The number of nitrogens with one attached hydrogen (secondary N) is 2. The Morgan fingerprint density at radius 1 is 1.03 bits per heavy atom. The highest BCUT2D eigenvalue weighted by atomic mass is 79.9. The quantitative estimate of drug-likeness (QED) is 0.196. The number of amides is 2. The van der Waals surface area contributed by atoms with Crippen molar-refractivity contribution in [1.82, 2.24) is 10.7 Å². The largest absolute Gasteiger partial charge is 0.488 e. The Morgan fingerprint density at radius 3 is 2.45 bits per heavy atom. The number of hydrazone groups is 1.